The van der Waals surface area contributed by atoms with Crippen molar-refractivity contribution in [1.29, 1.82) is 0 Å². The highest BCUT2D eigenvalue weighted by atomic mass is 35.5. The van der Waals surface area contributed by atoms with Crippen LogP contribution in [0.1, 0.15) is 18.4 Å². The van der Waals surface area contributed by atoms with Crippen LogP contribution in [-0.2, 0) is 0 Å². The molecule has 2 heterocycles. The normalized spacial score (nSPS) is 14.4. The van der Waals surface area contributed by atoms with Gasteiger partial charge in [-0.3, -0.25) is 0 Å². The van der Waals surface area contributed by atoms with Crippen LogP contribution in [0.4, 0.5) is 4.79 Å². The molecule has 3 rings (SSSR count). The van der Waals surface area contributed by atoms with Crippen LogP contribution < -0.4 is 4.74 Å². The van der Waals surface area contributed by atoms with Crippen LogP contribution in [0, 0.1) is 0 Å². The summed E-state index contributed by atoms with van der Waals surface area (Å²) in [5.41, 5.74) is 2.27. The summed E-state index contributed by atoms with van der Waals surface area (Å²) >= 11 is 5.81. The van der Waals surface area contributed by atoms with E-state index in [2.05, 4.69) is 11.1 Å². The summed E-state index contributed by atoms with van der Waals surface area (Å²) in [5.74, 6) is 1.18. The van der Waals surface area contributed by atoms with E-state index in [9.17, 15) is 4.79 Å². The summed E-state index contributed by atoms with van der Waals surface area (Å²) in [7, 11) is 0. The Hall–Kier alpha value is -2.53. The number of aromatic nitrogens is 1. The Morgan fingerprint density at radius 1 is 1.25 bits per heavy atom. The maximum absolute atomic E-state index is 10.9. The molecule has 1 fully saturated rings. The third-order valence-corrected chi connectivity index (χ3v) is 4.05. The van der Waals surface area contributed by atoms with Gasteiger partial charge in [0.1, 0.15) is 5.75 Å². The van der Waals surface area contributed by atoms with Crippen molar-refractivity contribution in [2.75, 3.05) is 13.1 Å². The van der Waals surface area contributed by atoms with Crippen LogP contribution >= 0.6 is 11.6 Å². The van der Waals surface area contributed by atoms with E-state index >= 15 is 0 Å². The second kappa shape index (κ2) is 7.36. The molecule has 1 N–H and O–H groups in total. The van der Waals surface area contributed by atoms with E-state index in [1.54, 1.807) is 18.3 Å². The van der Waals surface area contributed by atoms with Gasteiger partial charge in [-0.25, -0.2) is 9.78 Å². The topological polar surface area (TPSA) is 62.7 Å². The number of carboxylic acid groups (broad SMARTS) is 1. The van der Waals surface area contributed by atoms with Gasteiger partial charge in [-0.1, -0.05) is 35.4 Å². The van der Waals surface area contributed by atoms with Crippen molar-refractivity contribution in [3.05, 3.63) is 58.8 Å². The van der Waals surface area contributed by atoms with Crippen molar-refractivity contribution < 1.29 is 14.6 Å². The first-order valence-electron chi connectivity index (χ1n) is 7.67. The van der Waals surface area contributed by atoms with Gasteiger partial charge in [-0.15, -0.1) is 0 Å². The van der Waals surface area contributed by atoms with Crippen LogP contribution in [0.2, 0.25) is 5.02 Å². The van der Waals surface area contributed by atoms with E-state index in [1.807, 2.05) is 24.3 Å². The largest absolute Gasteiger partial charge is 0.465 e. The average Bonchev–Trinajstić information content (AvgIpc) is 2.58. The number of piperidine rings is 1. The van der Waals surface area contributed by atoms with Gasteiger partial charge in [0.15, 0.2) is 0 Å². The second-order valence-corrected chi connectivity index (χ2v) is 6.00. The number of carbonyl (C=O) groups is 1. The fraction of sp³-hybridized carbons (Fsp3) is 0.222. The number of halogens is 1. The Morgan fingerprint density at radius 2 is 2.04 bits per heavy atom. The minimum absolute atomic E-state index is 0.485. The van der Waals surface area contributed by atoms with E-state index in [4.69, 9.17) is 21.4 Å². The molecule has 24 heavy (non-hydrogen) atoms. The van der Waals surface area contributed by atoms with Crippen LogP contribution in [-0.4, -0.2) is 34.2 Å². The summed E-state index contributed by atoms with van der Waals surface area (Å²) in [4.78, 5) is 16.5. The summed E-state index contributed by atoms with van der Waals surface area (Å²) < 4.78 is 5.73. The molecule has 1 amide bonds. The Kier molecular flexibility index (Phi) is 5.01. The molecule has 1 aliphatic heterocycles. The van der Waals surface area contributed by atoms with Crippen molar-refractivity contribution in [1.82, 2.24) is 9.88 Å². The molecule has 0 unspecified atom stereocenters. The summed E-state index contributed by atoms with van der Waals surface area (Å²) in [6.45, 7) is 1.10. The van der Waals surface area contributed by atoms with E-state index in [-0.39, 0.29) is 0 Å². The lowest BCUT2D eigenvalue weighted by molar-refractivity contribution is 0.142. The smallest absolute Gasteiger partial charge is 0.407 e. The first-order chi connectivity index (χ1) is 11.6. The third kappa shape index (κ3) is 4.26. The SMILES string of the molecule is O=C(O)N1CCC(=Cc2cccc(Oc3ccc(Cl)cn3)c2)CC1. The van der Waals surface area contributed by atoms with Gasteiger partial charge in [-0.2, -0.15) is 0 Å². The second-order valence-electron chi connectivity index (χ2n) is 5.56. The Bertz CT molecular complexity index is 749. The zero-order valence-corrected chi connectivity index (χ0v) is 13.7. The summed E-state index contributed by atoms with van der Waals surface area (Å²) in [5, 5.41) is 9.55. The maximum atomic E-state index is 10.9. The Balaban J connectivity index is 1.68. The molecule has 0 radical (unpaired) electrons. The number of pyridine rings is 1. The van der Waals surface area contributed by atoms with Crippen molar-refractivity contribution >= 4 is 23.8 Å². The van der Waals surface area contributed by atoms with Gasteiger partial charge in [-0.05, 0) is 36.6 Å². The number of amides is 1. The van der Waals surface area contributed by atoms with Crippen molar-refractivity contribution in [2.24, 2.45) is 0 Å². The molecule has 0 saturated carbocycles. The lowest BCUT2D eigenvalue weighted by Crippen LogP contribution is -2.35. The quantitative estimate of drug-likeness (QED) is 0.877. The van der Waals surface area contributed by atoms with Crippen molar-refractivity contribution in [3.8, 4) is 11.6 Å². The van der Waals surface area contributed by atoms with E-state index < -0.39 is 6.09 Å². The first kappa shape index (κ1) is 16.3. The molecule has 0 bridgehead atoms. The third-order valence-electron chi connectivity index (χ3n) is 3.83. The highest BCUT2D eigenvalue weighted by Gasteiger charge is 2.17. The monoisotopic (exact) mass is 344 g/mol. The number of ether oxygens (including phenoxy) is 1. The number of hydrogen-bond acceptors (Lipinski definition) is 3. The van der Waals surface area contributed by atoms with Crippen molar-refractivity contribution in [2.45, 2.75) is 12.8 Å². The van der Waals surface area contributed by atoms with Gasteiger partial charge < -0.3 is 14.7 Å². The first-order valence-corrected chi connectivity index (χ1v) is 8.05. The lowest BCUT2D eigenvalue weighted by atomic mass is 10.0. The van der Waals surface area contributed by atoms with E-state index in [0.717, 1.165) is 18.4 Å². The predicted octanol–water partition coefficient (Wildman–Crippen LogP) is 4.68. The fourth-order valence-electron chi connectivity index (χ4n) is 2.58. The molecule has 1 aromatic heterocycles. The minimum atomic E-state index is -0.847. The lowest BCUT2D eigenvalue weighted by Gasteiger charge is -2.25. The number of rotatable bonds is 3. The standard InChI is InChI=1S/C18H17ClN2O3/c19-15-4-5-17(20-12-15)24-16-3-1-2-14(11-16)10-13-6-8-21(9-7-13)18(22)23/h1-5,10-12H,6-9H2,(H,22,23). The van der Waals surface area contributed by atoms with Crippen molar-refractivity contribution in [3.63, 3.8) is 0 Å². The average molecular weight is 345 g/mol. The van der Waals surface area contributed by atoms with Crippen LogP contribution in [0.5, 0.6) is 11.6 Å². The molecule has 5 nitrogen and oxygen atoms in total. The molecule has 1 aliphatic rings. The molecule has 0 spiro atoms. The summed E-state index contributed by atoms with van der Waals surface area (Å²) in [6, 6.07) is 11.2. The van der Waals surface area contributed by atoms with E-state index in [1.165, 1.54) is 10.5 Å². The number of likely N-dealkylation sites (tertiary alicyclic amines) is 1. The molecule has 124 valence electrons. The molecular formula is C18H17ClN2O3. The minimum Gasteiger partial charge on any atom is -0.465 e. The molecular weight excluding hydrogens is 328 g/mol. The van der Waals surface area contributed by atoms with Gasteiger partial charge in [0.25, 0.3) is 0 Å². The fourth-order valence-corrected chi connectivity index (χ4v) is 2.69. The number of benzene rings is 1. The van der Waals surface area contributed by atoms with E-state index in [0.29, 0.717) is 29.7 Å². The Labute approximate surface area is 145 Å². The van der Waals surface area contributed by atoms with Gasteiger partial charge >= 0.3 is 6.09 Å². The van der Waals surface area contributed by atoms with Crippen LogP contribution in [0.15, 0.2) is 48.2 Å². The van der Waals surface area contributed by atoms with Crippen LogP contribution in [0.25, 0.3) is 6.08 Å². The predicted molar refractivity (Wildman–Crippen MR) is 92.6 cm³/mol. The Morgan fingerprint density at radius 3 is 2.71 bits per heavy atom. The van der Waals surface area contributed by atoms with Gasteiger partial charge in [0.05, 0.1) is 5.02 Å². The number of hydrogen-bond donors (Lipinski definition) is 1. The highest BCUT2D eigenvalue weighted by molar-refractivity contribution is 6.30. The summed E-state index contributed by atoms with van der Waals surface area (Å²) in [6.07, 6.45) is 4.31. The van der Waals surface area contributed by atoms with Gasteiger partial charge in [0, 0.05) is 25.4 Å². The highest BCUT2D eigenvalue weighted by Crippen LogP contribution is 2.24. The maximum Gasteiger partial charge on any atom is 0.407 e. The molecule has 0 aliphatic carbocycles. The number of nitrogens with zero attached hydrogens (tertiary/aromatic N) is 2. The molecule has 6 heteroatoms. The van der Waals surface area contributed by atoms with Crippen LogP contribution in [0.3, 0.4) is 0 Å². The molecule has 0 atom stereocenters. The molecule has 1 saturated heterocycles. The zero-order chi connectivity index (χ0) is 16.9. The molecule has 1 aromatic carbocycles. The zero-order valence-electron chi connectivity index (χ0n) is 13.0. The van der Waals surface area contributed by atoms with Gasteiger partial charge in [0.2, 0.25) is 5.88 Å². The molecule has 2 aromatic rings.